The van der Waals surface area contributed by atoms with E-state index in [1.807, 2.05) is 72.8 Å². The molecule has 0 fully saturated rings. The summed E-state index contributed by atoms with van der Waals surface area (Å²) in [6, 6.07) is 53.7. The molecule has 6 aromatic carbocycles. The molecule has 6 nitrogen and oxygen atoms in total. The number of nitrogens with zero attached hydrogens (tertiary/aromatic N) is 4. The molecule has 0 unspecified atom stereocenters. The van der Waals surface area contributed by atoms with Gasteiger partial charge < -0.3 is 54.8 Å². The van der Waals surface area contributed by atoms with E-state index in [0.717, 1.165) is 32.0 Å². The van der Waals surface area contributed by atoms with Gasteiger partial charge in [-0.25, -0.2) is 0 Å². The van der Waals surface area contributed by atoms with Crippen molar-refractivity contribution in [1.29, 1.82) is 0 Å². The van der Waals surface area contributed by atoms with Crippen molar-refractivity contribution in [3.8, 4) is 44.5 Å². The molecule has 0 saturated heterocycles. The zero-order valence-corrected chi connectivity index (χ0v) is 71.7. The Bertz CT molecular complexity index is 2190. The van der Waals surface area contributed by atoms with E-state index < -0.39 is 65.9 Å². The molecule has 20 heteroatoms. The molecular weight excluding hydrogens is 1390 g/mol. The summed E-state index contributed by atoms with van der Waals surface area (Å²) >= 11 is 11.3. The molecule has 0 aliphatic rings. The van der Waals surface area contributed by atoms with Crippen LogP contribution in [-0.2, 0) is 104 Å². The molecule has 6 aromatic rings. The Morgan fingerprint density at radius 2 is 0.395 bits per heavy atom. The summed E-state index contributed by atoms with van der Waals surface area (Å²) in [6.07, 6.45) is 5.54. The molecule has 0 N–H and O–H groups in total. The molecule has 0 amide bonds. The van der Waals surface area contributed by atoms with E-state index in [4.69, 9.17) is 43.8 Å². The number of hydrogen-bond donors (Lipinski definition) is 0. The third kappa shape index (κ3) is 53.9. The van der Waals surface area contributed by atoms with Crippen LogP contribution in [0.4, 0.5) is 0 Å². The van der Waals surface area contributed by atoms with Gasteiger partial charge in [0.05, 0.1) is 0 Å². The molecule has 0 bridgehead atoms. The quantitative estimate of drug-likeness (QED) is 0.0579. The first-order valence-corrected chi connectivity index (χ1v) is 57.6. The van der Waals surface area contributed by atoms with Gasteiger partial charge in [0, 0.05) is 0 Å². The Balaban J connectivity index is -0.000000175. The van der Waals surface area contributed by atoms with Gasteiger partial charge in [0.15, 0.2) is 0 Å². The molecule has 86 heavy (non-hydrogen) atoms. The first-order valence-electron chi connectivity index (χ1n) is 29.2. The smallest absolute Gasteiger partial charge is 2.00 e. The van der Waals surface area contributed by atoms with Gasteiger partial charge in [-0.1, -0.05) is 420 Å². The third-order valence-corrected chi connectivity index (χ3v) is 32.4. The van der Waals surface area contributed by atoms with Crippen LogP contribution in [0, 0.1) is 0 Å². The van der Waals surface area contributed by atoms with Gasteiger partial charge in [-0.15, -0.1) is 0 Å². The van der Waals surface area contributed by atoms with Crippen LogP contribution >= 0.6 is 0 Å². The molecule has 0 spiro atoms. The van der Waals surface area contributed by atoms with Crippen molar-refractivity contribution in [1.82, 2.24) is 0 Å². The van der Waals surface area contributed by atoms with Gasteiger partial charge >= 0.3 is 68.3 Å². The van der Waals surface area contributed by atoms with Gasteiger partial charge in [0.25, 0.3) is 0 Å². The molecule has 2 radical (unpaired) electrons. The average Bonchev–Trinajstić information content (AvgIpc) is 3.29. The normalized spacial score (nSPS) is 11.0. The van der Waals surface area contributed by atoms with E-state index in [2.05, 4.69) is 256 Å². The summed E-state index contributed by atoms with van der Waals surface area (Å²) in [6.45, 7) is 59.6. The van der Waals surface area contributed by atoms with Crippen LogP contribution in [0.3, 0.4) is 0 Å². The molecule has 0 saturated carbocycles. The molecule has 484 valence electrons. The largest absolute Gasteiger partial charge is 3.00 e. The second-order valence-corrected chi connectivity index (χ2v) is 67.5. The van der Waals surface area contributed by atoms with Crippen LogP contribution in [-0.4, -0.2) is 65.9 Å². The SMILES string of the molecule is CCCCCC.C[Si](C)(C)[N-][Si](C)(C)C.C[Si](C)(C)[N-][Si](C)(C)C.C[Si](C)(C)[N-][Si](C)(C)C.C[Si](C)(C)[N-][Si](C)(C)C.[Fe+2].[Fe+2].[Fe+3].[Fe+3].[O-2].[O-2].[S-]c1c(-c2ccccc2)cccc1-c1ccccc1.[S-]c1c(-c2ccccc2)cccc1-c1ccccc1. The monoisotopic (exact) mass is 1500 g/mol. The standard InChI is InChI=1S/2C18H14S.4C6H18NSi2.C6H14.4Fe.2O/c2*19-18-16(14-8-3-1-4-9-14)12-7-13-17(18)15-10-5-2-6-11-15;4*1-8(2,3)7-9(4,5)6;1-3-5-6-4-2;;;;;;/h2*1-13,19H;4*1-6H3;3-6H2,1-2H3;;;;;;/q;;4*-1;;2*+2;2*+3;2*-2/p-2. The van der Waals surface area contributed by atoms with E-state index in [1.54, 1.807) is 0 Å². The van der Waals surface area contributed by atoms with Crippen molar-refractivity contribution in [2.75, 3.05) is 0 Å². The van der Waals surface area contributed by atoms with Crippen molar-refractivity contribution >= 4 is 91.1 Å². The van der Waals surface area contributed by atoms with Crippen molar-refractivity contribution in [2.45, 2.75) is 206 Å². The van der Waals surface area contributed by atoms with Crippen LogP contribution in [0.15, 0.2) is 168 Å². The number of hydrogen-bond acceptors (Lipinski definition) is 2. The van der Waals surface area contributed by atoms with Crippen LogP contribution in [0.25, 0.3) is 63.1 Å². The fraction of sp³-hybridized carbons (Fsp3) is 0.455. The van der Waals surface area contributed by atoms with E-state index >= 15 is 0 Å². The van der Waals surface area contributed by atoms with Crippen molar-refractivity contribution in [3.05, 3.63) is 176 Å². The summed E-state index contributed by atoms with van der Waals surface area (Å²) in [5.41, 5.74) is 9.17. The van der Waals surface area contributed by atoms with E-state index in [1.165, 1.54) is 47.9 Å². The predicted octanol–water partition coefficient (Wildman–Crippen LogP) is 24.3. The maximum Gasteiger partial charge on any atom is 3.00 e. The Kier molecular flexibility index (Phi) is 54.3. The Hall–Kier alpha value is -0.667. The van der Waals surface area contributed by atoms with Gasteiger partial charge in [0.2, 0.25) is 0 Å². The minimum absolute atomic E-state index is 0. The summed E-state index contributed by atoms with van der Waals surface area (Å²) < 4.78 is 19.3. The molecule has 6 rings (SSSR count). The molecule has 0 aliphatic carbocycles. The zero-order chi connectivity index (χ0) is 61.8. The molecule has 0 atom stereocenters. The maximum atomic E-state index is 5.66. The van der Waals surface area contributed by atoms with E-state index in [0.29, 0.717) is 0 Å². The average molecular weight is 1510 g/mol. The van der Waals surface area contributed by atoms with Crippen LogP contribution in [0.2, 0.25) is 157 Å². The minimum atomic E-state index is -1.11. The Morgan fingerprint density at radius 3 is 0.500 bits per heavy atom. The molecular formula is C66H112Fe4N4O2S2Si8. The fourth-order valence-corrected chi connectivity index (χ4v) is 41.9. The topological polar surface area (TPSA) is 113 Å². The van der Waals surface area contributed by atoms with Crippen molar-refractivity contribution < 1.29 is 79.2 Å². The predicted molar refractivity (Wildman–Crippen MR) is 397 cm³/mol. The molecule has 0 aromatic heterocycles. The fourth-order valence-electron chi connectivity index (χ4n) is 8.98. The van der Waals surface area contributed by atoms with Crippen molar-refractivity contribution in [2.24, 2.45) is 0 Å². The van der Waals surface area contributed by atoms with Crippen LogP contribution < -0.4 is 0 Å². The summed E-state index contributed by atoms with van der Waals surface area (Å²) in [7, 11) is -8.85. The molecule has 0 heterocycles. The summed E-state index contributed by atoms with van der Waals surface area (Å²) in [5, 5.41) is 0. The van der Waals surface area contributed by atoms with E-state index in [-0.39, 0.29) is 79.2 Å². The van der Waals surface area contributed by atoms with Crippen LogP contribution in [0.1, 0.15) is 39.5 Å². The van der Waals surface area contributed by atoms with Gasteiger partial charge in [0.1, 0.15) is 0 Å². The zero-order valence-electron chi connectivity index (χ0n) is 57.7. The summed E-state index contributed by atoms with van der Waals surface area (Å²) in [5.74, 6) is 0. The Morgan fingerprint density at radius 1 is 0.256 bits per heavy atom. The maximum absolute atomic E-state index is 5.66. The van der Waals surface area contributed by atoms with Gasteiger partial charge in [-0.2, -0.15) is 9.79 Å². The number of rotatable bonds is 15. The molecule has 0 aliphatic heterocycles. The second kappa shape index (κ2) is 47.2. The van der Waals surface area contributed by atoms with Gasteiger partial charge in [-0.3, -0.25) is 0 Å². The van der Waals surface area contributed by atoms with Crippen molar-refractivity contribution in [3.63, 3.8) is 0 Å². The minimum Gasteiger partial charge on any atom is -2.00 e. The Labute approximate surface area is 591 Å². The van der Waals surface area contributed by atoms with Gasteiger partial charge in [-0.05, 0) is 44.5 Å². The number of benzene rings is 6. The summed E-state index contributed by atoms with van der Waals surface area (Å²) in [4.78, 5) is 1.83. The van der Waals surface area contributed by atoms with E-state index in [9.17, 15) is 0 Å². The first kappa shape index (κ1) is 98.9. The second-order valence-electron chi connectivity index (χ2n) is 28.3. The third-order valence-electron chi connectivity index (χ3n) is 10.0. The van der Waals surface area contributed by atoms with Crippen LogP contribution in [0.5, 0.6) is 0 Å². The first-order chi connectivity index (χ1) is 36.5. The number of unbranched alkanes of at least 4 members (excludes halogenated alkanes) is 3.